The van der Waals surface area contributed by atoms with Crippen LogP contribution >= 0.6 is 23.2 Å². The average molecular weight is 432 g/mol. The van der Waals surface area contributed by atoms with Crippen LogP contribution in [-0.4, -0.2) is 34.1 Å². The van der Waals surface area contributed by atoms with Crippen molar-refractivity contribution in [3.05, 3.63) is 52.5 Å². The first-order valence-electron chi connectivity index (χ1n) is 7.97. The zero-order valence-electron chi connectivity index (χ0n) is 15.0. The quantitative estimate of drug-likeness (QED) is 0.615. The van der Waals surface area contributed by atoms with Crippen LogP contribution in [0.4, 0.5) is 5.69 Å². The molecule has 0 heterocycles. The molecule has 0 N–H and O–H groups in total. The van der Waals surface area contributed by atoms with E-state index in [1.54, 1.807) is 32.0 Å². The van der Waals surface area contributed by atoms with Crippen LogP contribution in [0.2, 0.25) is 10.0 Å². The van der Waals surface area contributed by atoms with Crippen LogP contribution in [0.15, 0.2) is 47.4 Å². The van der Waals surface area contributed by atoms with Crippen LogP contribution in [0.5, 0.6) is 5.75 Å². The smallest absolute Gasteiger partial charge is 0.327 e. The molecular formula is C18H19Cl2NO5S. The van der Waals surface area contributed by atoms with Crippen molar-refractivity contribution in [3.63, 3.8) is 0 Å². The van der Waals surface area contributed by atoms with Crippen molar-refractivity contribution >= 4 is 44.9 Å². The Morgan fingerprint density at radius 1 is 1.11 bits per heavy atom. The van der Waals surface area contributed by atoms with Crippen molar-refractivity contribution < 1.29 is 22.7 Å². The molecule has 6 nitrogen and oxygen atoms in total. The fourth-order valence-corrected chi connectivity index (χ4v) is 4.13. The number of sulfonamides is 1. The molecule has 0 spiro atoms. The number of methoxy groups -OCH3 is 1. The molecule has 0 fully saturated rings. The number of para-hydroxylation sites is 2. The Morgan fingerprint density at radius 2 is 1.78 bits per heavy atom. The zero-order chi connectivity index (χ0) is 20.2. The lowest BCUT2D eigenvalue weighted by molar-refractivity contribution is -0.145. The van der Waals surface area contributed by atoms with E-state index in [1.807, 2.05) is 0 Å². The van der Waals surface area contributed by atoms with E-state index in [0.717, 1.165) is 4.31 Å². The van der Waals surface area contributed by atoms with E-state index >= 15 is 0 Å². The van der Waals surface area contributed by atoms with Gasteiger partial charge in [-0.15, -0.1) is 0 Å². The Bertz CT molecular complexity index is 931. The summed E-state index contributed by atoms with van der Waals surface area (Å²) in [5.41, 5.74) is 0.201. The summed E-state index contributed by atoms with van der Waals surface area (Å²) >= 11 is 11.9. The second-order valence-electron chi connectivity index (χ2n) is 5.80. The van der Waals surface area contributed by atoms with Gasteiger partial charge in [-0.05, 0) is 44.2 Å². The van der Waals surface area contributed by atoms with Crippen LogP contribution in [-0.2, 0) is 19.6 Å². The Kier molecular flexibility index (Phi) is 6.97. The van der Waals surface area contributed by atoms with Crippen molar-refractivity contribution in [2.24, 2.45) is 0 Å². The third-order valence-electron chi connectivity index (χ3n) is 3.47. The highest BCUT2D eigenvalue weighted by atomic mass is 35.5. The number of ether oxygens (including phenoxy) is 2. The summed E-state index contributed by atoms with van der Waals surface area (Å²) in [5.74, 6) is -0.405. The number of hydrogen-bond acceptors (Lipinski definition) is 5. The Morgan fingerprint density at radius 3 is 2.37 bits per heavy atom. The second kappa shape index (κ2) is 8.82. The number of hydrogen-bond donors (Lipinski definition) is 0. The van der Waals surface area contributed by atoms with Gasteiger partial charge in [-0.1, -0.05) is 35.3 Å². The molecule has 2 aromatic carbocycles. The van der Waals surface area contributed by atoms with Gasteiger partial charge in [-0.3, -0.25) is 9.10 Å². The van der Waals surface area contributed by atoms with Crippen LogP contribution in [0.3, 0.4) is 0 Å². The molecule has 0 aromatic heterocycles. The van der Waals surface area contributed by atoms with Gasteiger partial charge in [0.15, 0.2) is 0 Å². The monoisotopic (exact) mass is 431 g/mol. The predicted molar refractivity (Wildman–Crippen MR) is 105 cm³/mol. The SMILES string of the molecule is COc1ccccc1N(CC(=O)OC(C)C)S(=O)(=O)c1ccc(Cl)c(Cl)c1. The fourth-order valence-electron chi connectivity index (χ4n) is 2.32. The van der Waals surface area contributed by atoms with Gasteiger partial charge in [-0.2, -0.15) is 0 Å². The normalized spacial score (nSPS) is 11.3. The van der Waals surface area contributed by atoms with Crippen molar-refractivity contribution in [1.29, 1.82) is 0 Å². The maximum absolute atomic E-state index is 13.2. The summed E-state index contributed by atoms with van der Waals surface area (Å²) < 4.78 is 37.8. The Balaban J connectivity index is 2.56. The molecule has 0 amide bonds. The zero-order valence-corrected chi connectivity index (χ0v) is 17.3. The summed E-state index contributed by atoms with van der Waals surface area (Å²) in [6.07, 6.45) is -0.385. The number of rotatable bonds is 7. The van der Waals surface area contributed by atoms with E-state index in [-0.39, 0.29) is 26.7 Å². The van der Waals surface area contributed by atoms with Gasteiger partial charge in [0.25, 0.3) is 10.0 Å². The fraction of sp³-hybridized carbons (Fsp3) is 0.278. The summed E-state index contributed by atoms with van der Waals surface area (Å²) in [4.78, 5) is 12.1. The molecule has 2 aromatic rings. The highest BCUT2D eigenvalue weighted by Crippen LogP contribution is 2.33. The van der Waals surface area contributed by atoms with E-state index in [0.29, 0.717) is 5.75 Å². The van der Waals surface area contributed by atoms with Gasteiger partial charge in [0.1, 0.15) is 12.3 Å². The molecule has 0 radical (unpaired) electrons. The Labute approximate surface area is 168 Å². The lowest BCUT2D eigenvalue weighted by Crippen LogP contribution is -2.37. The first-order valence-corrected chi connectivity index (χ1v) is 10.2. The van der Waals surface area contributed by atoms with Gasteiger partial charge in [0, 0.05) is 0 Å². The van der Waals surface area contributed by atoms with E-state index in [9.17, 15) is 13.2 Å². The van der Waals surface area contributed by atoms with Crippen molar-refractivity contribution in [1.82, 2.24) is 0 Å². The summed E-state index contributed by atoms with van der Waals surface area (Å²) in [5, 5.41) is 0.307. The summed E-state index contributed by atoms with van der Waals surface area (Å²) in [7, 11) is -2.74. The molecule has 0 aliphatic carbocycles. The van der Waals surface area contributed by atoms with Gasteiger partial charge >= 0.3 is 5.97 Å². The van der Waals surface area contributed by atoms with Crippen LogP contribution in [0.25, 0.3) is 0 Å². The lowest BCUT2D eigenvalue weighted by atomic mass is 10.3. The first-order chi connectivity index (χ1) is 12.7. The minimum absolute atomic E-state index is 0.0856. The first kappa shape index (κ1) is 21.3. The average Bonchev–Trinajstić information content (AvgIpc) is 2.61. The topological polar surface area (TPSA) is 72.9 Å². The summed E-state index contributed by atoms with van der Waals surface area (Å²) in [6.45, 7) is 2.83. The molecular weight excluding hydrogens is 413 g/mol. The van der Waals surface area contributed by atoms with Gasteiger partial charge in [0.05, 0.1) is 33.8 Å². The highest BCUT2D eigenvalue weighted by Gasteiger charge is 2.30. The molecule has 0 aliphatic rings. The number of halogens is 2. The molecule has 0 aliphatic heterocycles. The molecule has 0 unspecified atom stereocenters. The molecule has 146 valence electrons. The number of anilines is 1. The minimum Gasteiger partial charge on any atom is -0.495 e. The van der Waals surface area contributed by atoms with Crippen LogP contribution < -0.4 is 9.04 Å². The number of benzene rings is 2. The molecule has 0 bridgehead atoms. The summed E-state index contributed by atoms with van der Waals surface area (Å²) in [6, 6.07) is 10.4. The van der Waals surface area contributed by atoms with E-state index in [1.165, 1.54) is 31.4 Å². The number of carbonyl (C=O) groups is 1. The van der Waals surface area contributed by atoms with Gasteiger partial charge < -0.3 is 9.47 Å². The van der Waals surface area contributed by atoms with Crippen LogP contribution in [0.1, 0.15) is 13.8 Å². The lowest BCUT2D eigenvalue weighted by Gasteiger charge is -2.25. The second-order valence-corrected chi connectivity index (χ2v) is 8.47. The minimum atomic E-state index is -4.15. The number of carbonyl (C=O) groups excluding carboxylic acids is 1. The van der Waals surface area contributed by atoms with Gasteiger partial charge in [-0.25, -0.2) is 8.42 Å². The number of nitrogens with zero attached hydrogens (tertiary/aromatic N) is 1. The van der Waals surface area contributed by atoms with Crippen molar-refractivity contribution in [2.45, 2.75) is 24.8 Å². The maximum Gasteiger partial charge on any atom is 0.327 e. The van der Waals surface area contributed by atoms with E-state index in [4.69, 9.17) is 32.7 Å². The van der Waals surface area contributed by atoms with E-state index < -0.39 is 22.5 Å². The third kappa shape index (κ3) is 5.06. The highest BCUT2D eigenvalue weighted by molar-refractivity contribution is 7.92. The number of esters is 1. The van der Waals surface area contributed by atoms with Crippen molar-refractivity contribution in [3.8, 4) is 5.75 Å². The molecule has 0 saturated heterocycles. The molecule has 9 heteroatoms. The predicted octanol–water partition coefficient (Wildman–Crippen LogP) is 4.15. The molecule has 0 saturated carbocycles. The van der Waals surface area contributed by atoms with Gasteiger partial charge in [0.2, 0.25) is 0 Å². The molecule has 27 heavy (non-hydrogen) atoms. The third-order valence-corrected chi connectivity index (χ3v) is 5.97. The maximum atomic E-state index is 13.2. The van der Waals surface area contributed by atoms with Crippen LogP contribution in [0, 0.1) is 0 Å². The van der Waals surface area contributed by atoms with E-state index in [2.05, 4.69) is 0 Å². The molecule has 2 rings (SSSR count). The largest absolute Gasteiger partial charge is 0.495 e. The van der Waals surface area contributed by atoms with Crippen molar-refractivity contribution in [2.75, 3.05) is 18.0 Å². The Hall–Kier alpha value is -1.96. The molecule has 0 atom stereocenters. The standard InChI is InChI=1S/C18H19Cl2NO5S/c1-12(2)26-18(22)11-21(16-6-4-5-7-17(16)25-3)27(23,24)13-8-9-14(19)15(20)10-13/h4-10,12H,11H2,1-3H3.